The van der Waals surface area contributed by atoms with Gasteiger partial charge in [-0.25, -0.2) is 0 Å². The normalized spacial score (nSPS) is 10.0. The van der Waals surface area contributed by atoms with Gasteiger partial charge in [-0.3, -0.25) is 4.79 Å². The topological polar surface area (TPSA) is 47.6 Å². The van der Waals surface area contributed by atoms with Gasteiger partial charge in [0.25, 0.3) is 5.91 Å². The summed E-state index contributed by atoms with van der Waals surface area (Å²) in [5.41, 5.74) is 2.06. The zero-order chi connectivity index (χ0) is 16.8. The van der Waals surface area contributed by atoms with Crippen molar-refractivity contribution >= 4 is 23.2 Å². The number of hydrogen-bond acceptors (Lipinski definition) is 3. The minimum Gasteiger partial charge on any atom is -0.495 e. The van der Waals surface area contributed by atoms with Crippen LogP contribution in [-0.4, -0.2) is 19.6 Å². The van der Waals surface area contributed by atoms with E-state index in [-0.39, 0.29) is 5.91 Å². The molecule has 5 heteroatoms. The van der Waals surface area contributed by atoms with Crippen LogP contribution in [0, 0.1) is 0 Å². The predicted molar refractivity (Wildman–Crippen MR) is 92.7 cm³/mol. The van der Waals surface area contributed by atoms with Gasteiger partial charge in [0.2, 0.25) is 0 Å². The second-order valence-corrected chi connectivity index (χ2v) is 5.48. The molecule has 0 saturated carbocycles. The first-order valence-electron chi connectivity index (χ1n) is 7.01. The maximum atomic E-state index is 12.2. The summed E-state index contributed by atoms with van der Waals surface area (Å²) in [6, 6.07) is 12.0. The van der Waals surface area contributed by atoms with Crippen molar-refractivity contribution in [3.05, 3.63) is 65.2 Å². The van der Waals surface area contributed by atoms with Crippen LogP contribution in [-0.2, 0) is 0 Å². The smallest absolute Gasteiger partial charge is 0.255 e. The lowest BCUT2D eigenvalue weighted by atomic mass is 10.2. The Morgan fingerprint density at radius 1 is 1.22 bits per heavy atom. The highest BCUT2D eigenvalue weighted by Gasteiger charge is 2.08. The van der Waals surface area contributed by atoms with Crippen molar-refractivity contribution in [1.29, 1.82) is 0 Å². The van der Waals surface area contributed by atoms with Gasteiger partial charge in [0, 0.05) is 11.3 Å². The lowest BCUT2D eigenvalue weighted by Gasteiger charge is -2.09. The summed E-state index contributed by atoms with van der Waals surface area (Å²) in [5, 5.41) is 3.22. The Morgan fingerprint density at radius 3 is 2.48 bits per heavy atom. The zero-order valence-electron chi connectivity index (χ0n) is 13.1. The number of amides is 1. The Morgan fingerprint density at radius 2 is 1.91 bits per heavy atom. The minimum absolute atomic E-state index is 0.224. The van der Waals surface area contributed by atoms with Crippen LogP contribution in [0.25, 0.3) is 0 Å². The largest absolute Gasteiger partial charge is 0.495 e. The molecule has 0 aliphatic carbocycles. The van der Waals surface area contributed by atoms with Crippen LogP contribution in [0.3, 0.4) is 0 Å². The Bertz CT molecular complexity index is 711. The lowest BCUT2D eigenvalue weighted by Crippen LogP contribution is -2.11. The summed E-state index contributed by atoms with van der Waals surface area (Å²) in [7, 11) is 1.54. The molecule has 4 nitrogen and oxygen atoms in total. The van der Waals surface area contributed by atoms with Crippen molar-refractivity contribution in [2.75, 3.05) is 19.0 Å². The van der Waals surface area contributed by atoms with Gasteiger partial charge in [0.05, 0.1) is 12.1 Å². The van der Waals surface area contributed by atoms with Crippen molar-refractivity contribution in [1.82, 2.24) is 0 Å². The van der Waals surface area contributed by atoms with Gasteiger partial charge in [0.15, 0.2) is 0 Å². The van der Waals surface area contributed by atoms with E-state index in [1.165, 1.54) is 7.11 Å². The van der Waals surface area contributed by atoms with Gasteiger partial charge in [-0.15, -0.1) is 0 Å². The van der Waals surface area contributed by atoms with Crippen LogP contribution in [0.4, 0.5) is 5.69 Å². The van der Waals surface area contributed by atoms with E-state index in [0.29, 0.717) is 34.4 Å². The Hall–Kier alpha value is -2.46. The van der Waals surface area contributed by atoms with Crippen LogP contribution < -0.4 is 14.8 Å². The third-order valence-corrected chi connectivity index (χ3v) is 3.31. The molecule has 0 radical (unpaired) electrons. The summed E-state index contributed by atoms with van der Waals surface area (Å²) in [6.45, 7) is 6.12. The lowest BCUT2D eigenvalue weighted by molar-refractivity contribution is 0.102. The van der Waals surface area contributed by atoms with Crippen LogP contribution in [0.5, 0.6) is 11.5 Å². The summed E-state index contributed by atoms with van der Waals surface area (Å²) in [6.07, 6.45) is 0. The molecule has 0 unspecified atom stereocenters. The van der Waals surface area contributed by atoms with Crippen molar-refractivity contribution < 1.29 is 14.3 Å². The van der Waals surface area contributed by atoms with Crippen molar-refractivity contribution in [3.63, 3.8) is 0 Å². The van der Waals surface area contributed by atoms with Crippen molar-refractivity contribution in [2.24, 2.45) is 0 Å². The van der Waals surface area contributed by atoms with Gasteiger partial charge in [-0.1, -0.05) is 18.2 Å². The molecule has 23 heavy (non-hydrogen) atoms. The fourth-order valence-electron chi connectivity index (χ4n) is 1.86. The number of benzene rings is 2. The van der Waals surface area contributed by atoms with Crippen LogP contribution >= 0.6 is 11.6 Å². The maximum Gasteiger partial charge on any atom is 0.255 e. The van der Waals surface area contributed by atoms with Crippen molar-refractivity contribution in [2.45, 2.75) is 6.92 Å². The van der Waals surface area contributed by atoms with Gasteiger partial charge in [-0.05, 0) is 55.0 Å². The van der Waals surface area contributed by atoms with E-state index in [9.17, 15) is 4.79 Å². The number of anilines is 1. The standard InChI is InChI=1S/C18H18ClNO3/c1-12(2)11-23-15-7-4-13(5-8-15)18(21)20-14-6-9-17(22-3)16(19)10-14/h4-10H,1,11H2,2-3H3,(H,20,21). The van der Waals surface area contributed by atoms with Gasteiger partial charge >= 0.3 is 0 Å². The molecule has 0 aromatic heterocycles. The van der Waals surface area contributed by atoms with Crippen LogP contribution in [0.1, 0.15) is 17.3 Å². The summed E-state index contributed by atoms with van der Waals surface area (Å²) in [5.74, 6) is 1.03. The van der Waals surface area contributed by atoms with Gasteiger partial charge < -0.3 is 14.8 Å². The monoisotopic (exact) mass is 331 g/mol. The number of ether oxygens (including phenoxy) is 2. The second-order valence-electron chi connectivity index (χ2n) is 5.07. The number of nitrogens with one attached hydrogen (secondary N) is 1. The molecule has 0 bridgehead atoms. The molecule has 2 aromatic carbocycles. The number of carbonyl (C=O) groups is 1. The number of methoxy groups -OCH3 is 1. The number of rotatable bonds is 6. The van der Waals surface area contributed by atoms with E-state index in [1.54, 1.807) is 42.5 Å². The average molecular weight is 332 g/mol. The SMILES string of the molecule is C=C(C)COc1ccc(C(=O)Nc2ccc(OC)c(Cl)c2)cc1. The highest BCUT2D eigenvalue weighted by molar-refractivity contribution is 6.32. The highest BCUT2D eigenvalue weighted by Crippen LogP contribution is 2.27. The van der Waals surface area contributed by atoms with Crippen molar-refractivity contribution in [3.8, 4) is 11.5 Å². The molecule has 120 valence electrons. The minimum atomic E-state index is -0.224. The molecule has 0 spiro atoms. The van der Waals surface area contributed by atoms with Gasteiger partial charge in [-0.2, -0.15) is 0 Å². The molecule has 0 aliphatic heterocycles. The molecule has 0 heterocycles. The third kappa shape index (κ3) is 4.76. The summed E-state index contributed by atoms with van der Waals surface area (Å²) >= 11 is 6.04. The highest BCUT2D eigenvalue weighted by atomic mass is 35.5. The van der Waals surface area contributed by atoms with E-state index < -0.39 is 0 Å². The molecule has 1 N–H and O–H groups in total. The van der Waals surface area contributed by atoms with Gasteiger partial charge in [0.1, 0.15) is 18.1 Å². The fourth-order valence-corrected chi connectivity index (χ4v) is 2.11. The molecule has 0 atom stereocenters. The first-order chi connectivity index (χ1) is 11.0. The molecular formula is C18H18ClNO3. The molecular weight excluding hydrogens is 314 g/mol. The Labute approximate surface area is 140 Å². The first-order valence-corrected chi connectivity index (χ1v) is 7.39. The molecule has 0 saturated heterocycles. The van der Waals surface area contributed by atoms with E-state index in [0.717, 1.165) is 5.57 Å². The molecule has 2 aromatic rings. The fraction of sp³-hybridized carbons (Fsp3) is 0.167. The van der Waals surface area contributed by atoms with E-state index in [2.05, 4.69) is 11.9 Å². The maximum absolute atomic E-state index is 12.2. The molecule has 2 rings (SSSR count). The predicted octanol–water partition coefficient (Wildman–Crippen LogP) is 4.56. The first kappa shape index (κ1) is 16.9. The summed E-state index contributed by atoms with van der Waals surface area (Å²) in [4.78, 5) is 12.2. The molecule has 0 aliphatic rings. The number of carbonyl (C=O) groups excluding carboxylic acids is 1. The van der Waals surface area contributed by atoms with Crippen LogP contribution in [0.15, 0.2) is 54.6 Å². The number of halogens is 1. The molecule has 0 fully saturated rings. The quantitative estimate of drug-likeness (QED) is 0.789. The third-order valence-electron chi connectivity index (χ3n) is 3.01. The van der Waals surface area contributed by atoms with E-state index >= 15 is 0 Å². The second kappa shape index (κ2) is 7.70. The Kier molecular flexibility index (Phi) is 5.66. The van der Waals surface area contributed by atoms with E-state index in [1.807, 2.05) is 6.92 Å². The van der Waals surface area contributed by atoms with Crippen LogP contribution in [0.2, 0.25) is 5.02 Å². The number of hydrogen-bond donors (Lipinski definition) is 1. The molecule has 1 amide bonds. The Balaban J connectivity index is 2.03. The average Bonchev–Trinajstić information content (AvgIpc) is 2.53. The summed E-state index contributed by atoms with van der Waals surface area (Å²) < 4.78 is 10.6. The zero-order valence-corrected chi connectivity index (χ0v) is 13.8. The van der Waals surface area contributed by atoms with E-state index in [4.69, 9.17) is 21.1 Å².